The van der Waals surface area contributed by atoms with Gasteiger partial charge in [-0.3, -0.25) is 4.79 Å². The second-order valence-corrected chi connectivity index (χ2v) is 6.69. The van der Waals surface area contributed by atoms with E-state index in [1.807, 2.05) is 0 Å². The first kappa shape index (κ1) is 14.3. The molecule has 0 aliphatic heterocycles. The monoisotopic (exact) mass is 300 g/mol. The van der Waals surface area contributed by atoms with Gasteiger partial charge in [-0.1, -0.05) is 23.8 Å². The lowest BCUT2D eigenvalue weighted by atomic mass is 10.0. The molecule has 110 valence electrons. The third-order valence-electron chi connectivity index (χ3n) is 3.88. The van der Waals surface area contributed by atoms with Crippen molar-refractivity contribution >= 4 is 22.4 Å². The summed E-state index contributed by atoms with van der Waals surface area (Å²) >= 11 is 1.53. The van der Waals surface area contributed by atoms with Crippen molar-refractivity contribution in [2.75, 3.05) is 5.32 Å². The van der Waals surface area contributed by atoms with E-state index in [2.05, 4.69) is 47.7 Å². The zero-order valence-corrected chi connectivity index (χ0v) is 13.3. The molecule has 4 heteroatoms. The van der Waals surface area contributed by atoms with E-state index in [1.54, 1.807) is 0 Å². The summed E-state index contributed by atoms with van der Waals surface area (Å²) in [5, 5.41) is 5.72. The van der Waals surface area contributed by atoms with Crippen molar-refractivity contribution in [1.29, 1.82) is 0 Å². The molecule has 1 fully saturated rings. The second kappa shape index (κ2) is 5.98. The van der Waals surface area contributed by atoms with Crippen LogP contribution in [-0.2, 0) is 11.2 Å². The third kappa shape index (κ3) is 3.70. The van der Waals surface area contributed by atoms with Crippen LogP contribution in [0.1, 0.15) is 47.6 Å². The largest absolute Gasteiger partial charge is 0.302 e. The van der Waals surface area contributed by atoms with E-state index >= 15 is 0 Å². The Morgan fingerprint density at radius 3 is 2.90 bits per heavy atom. The maximum atomic E-state index is 12.0. The van der Waals surface area contributed by atoms with Gasteiger partial charge in [0.2, 0.25) is 5.91 Å². The van der Waals surface area contributed by atoms with Gasteiger partial charge < -0.3 is 5.32 Å². The summed E-state index contributed by atoms with van der Waals surface area (Å²) in [6.45, 7) is 4.19. The zero-order chi connectivity index (χ0) is 14.8. The lowest BCUT2D eigenvalue weighted by Gasteiger charge is -2.06. The number of nitrogens with one attached hydrogen (secondary N) is 1. The molecule has 0 bridgehead atoms. The van der Waals surface area contributed by atoms with Crippen molar-refractivity contribution in [2.24, 2.45) is 0 Å². The fourth-order valence-corrected chi connectivity index (χ4v) is 3.27. The molecular formula is C17H20N2OS. The van der Waals surface area contributed by atoms with Gasteiger partial charge in [0.25, 0.3) is 0 Å². The van der Waals surface area contributed by atoms with Crippen LogP contribution in [0.4, 0.5) is 5.13 Å². The van der Waals surface area contributed by atoms with Gasteiger partial charge in [0, 0.05) is 17.7 Å². The molecule has 0 saturated heterocycles. The number of thiazole rings is 1. The second-order valence-electron chi connectivity index (χ2n) is 5.83. The number of carbonyl (C=O) groups excluding carboxylic acids is 1. The topological polar surface area (TPSA) is 42.0 Å². The minimum absolute atomic E-state index is 0.0478. The third-order valence-corrected chi connectivity index (χ3v) is 4.66. The maximum Gasteiger partial charge on any atom is 0.226 e. The molecule has 1 heterocycles. The van der Waals surface area contributed by atoms with Gasteiger partial charge in [0.15, 0.2) is 5.13 Å². The van der Waals surface area contributed by atoms with Gasteiger partial charge in [-0.15, -0.1) is 11.3 Å². The Balaban J connectivity index is 1.53. The number of aryl methyl sites for hydroxylation is 3. The number of hydrogen-bond acceptors (Lipinski definition) is 3. The number of benzene rings is 1. The molecule has 1 amide bonds. The normalized spacial score (nSPS) is 14.2. The Labute approximate surface area is 129 Å². The molecule has 1 aliphatic rings. The minimum Gasteiger partial charge on any atom is -0.302 e. The summed E-state index contributed by atoms with van der Waals surface area (Å²) in [5.74, 6) is 0.689. The van der Waals surface area contributed by atoms with Crippen LogP contribution in [-0.4, -0.2) is 10.9 Å². The number of hydrogen-bond donors (Lipinski definition) is 1. The molecule has 21 heavy (non-hydrogen) atoms. The Hall–Kier alpha value is -1.68. The summed E-state index contributed by atoms with van der Waals surface area (Å²) in [7, 11) is 0. The van der Waals surface area contributed by atoms with Crippen molar-refractivity contribution in [1.82, 2.24) is 4.98 Å². The molecule has 0 spiro atoms. The molecule has 1 aliphatic carbocycles. The van der Waals surface area contributed by atoms with E-state index in [-0.39, 0.29) is 5.91 Å². The van der Waals surface area contributed by atoms with Crippen LogP contribution >= 0.6 is 11.3 Å². The lowest BCUT2D eigenvalue weighted by Crippen LogP contribution is -2.12. The Kier molecular flexibility index (Phi) is 4.06. The highest BCUT2D eigenvalue weighted by atomic mass is 32.1. The first-order chi connectivity index (χ1) is 10.1. The van der Waals surface area contributed by atoms with E-state index < -0.39 is 0 Å². The predicted molar refractivity (Wildman–Crippen MR) is 87.0 cm³/mol. The van der Waals surface area contributed by atoms with Gasteiger partial charge in [0.1, 0.15) is 0 Å². The van der Waals surface area contributed by atoms with Gasteiger partial charge in [0.05, 0.1) is 5.69 Å². The van der Waals surface area contributed by atoms with Crippen LogP contribution in [0.2, 0.25) is 0 Å². The summed E-state index contributed by atoms with van der Waals surface area (Å²) in [5.41, 5.74) is 4.90. The number of carbonyl (C=O) groups is 1. The average Bonchev–Trinajstić information content (AvgIpc) is 3.19. The van der Waals surface area contributed by atoms with Crippen LogP contribution in [0, 0.1) is 13.8 Å². The van der Waals surface area contributed by atoms with Crippen molar-refractivity contribution in [3.63, 3.8) is 0 Å². The van der Waals surface area contributed by atoms with E-state index in [0.29, 0.717) is 12.3 Å². The van der Waals surface area contributed by atoms with E-state index in [0.717, 1.165) is 17.2 Å². The SMILES string of the molecule is Cc1ccc(CCC(=O)Nc2nc(C3CC3)cs2)c(C)c1. The summed E-state index contributed by atoms with van der Waals surface area (Å²) in [4.78, 5) is 16.5. The Bertz CT molecular complexity index is 659. The molecule has 0 unspecified atom stereocenters. The Morgan fingerprint density at radius 2 is 2.19 bits per heavy atom. The summed E-state index contributed by atoms with van der Waals surface area (Å²) in [6.07, 6.45) is 3.76. The number of anilines is 1. The van der Waals surface area contributed by atoms with E-state index in [9.17, 15) is 4.79 Å². The van der Waals surface area contributed by atoms with Crippen LogP contribution in [0.5, 0.6) is 0 Å². The van der Waals surface area contributed by atoms with Crippen molar-refractivity contribution in [3.8, 4) is 0 Å². The smallest absolute Gasteiger partial charge is 0.226 e. The molecule has 0 radical (unpaired) electrons. The van der Waals surface area contributed by atoms with Crippen LogP contribution < -0.4 is 5.32 Å². The first-order valence-electron chi connectivity index (χ1n) is 7.43. The number of nitrogens with zero attached hydrogens (tertiary/aromatic N) is 1. The number of aromatic nitrogens is 1. The van der Waals surface area contributed by atoms with Crippen LogP contribution in [0.15, 0.2) is 23.6 Å². The molecule has 1 saturated carbocycles. The maximum absolute atomic E-state index is 12.0. The lowest BCUT2D eigenvalue weighted by molar-refractivity contribution is -0.116. The predicted octanol–water partition coefficient (Wildman–Crippen LogP) is 4.21. The number of rotatable bonds is 5. The molecule has 1 N–H and O–H groups in total. The van der Waals surface area contributed by atoms with Gasteiger partial charge >= 0.3 is 0 Å². The minimum atomic E-state index is 0.0478. The van der Waals surface area contributed by atoms with Gasteiger partial charge in [-0.05, 0) is 44.2 Å². The Morgan fingerprint density at radius 1 is 1.38 bits per heavy atom. The van der Waals surface area contributed by atoms with Crippen molar-refractivity contribution in [3.05, 3.63) is 46.0 Å². The highest BCUT2D eigenvalue weighted by molar-refractivity contribution is 7.13. The quantitative estimate of drug-likeness (QED) is 0.898. The summed E-state index contributed by atoms with van der Waals surface area (Å²) in [6, 6.07) is 6.38. The molecule has 3 rings (SSSR count). The van der Waals surface area contributed by atoms with Crippen LogP contribution in [0.3, 0.4) is 0 Å². The van der Waals surface area contributed by atoms with E-state index in [4.69, 9.17) is 0 Å². The first-order valence-corrected chi connectivity index (χ1v) is 8.31. The highest BCUT2D eigenvalue weighted by Gasteiger charge is 2.26. The average molecular weight is 300 g/mol. The van der Waals surface area contributed by atoms with Gasteiger partial charge in [-0.25, -0.2) is 4.98 Å². The zero-order valence-electron chi connectivity index (χ0n) is 12.5. The standard InChI is InChI=1S/C17H20N2OS/c1-11-3-4-13(12(2)9-11)7-8-16(20)19-17-18-15(10-21-17)14-5-6-14/h3-4,9-10,14H,5-8H2,1-2H3,(H,18,19,20). The molecule has 1 aromatic heterocycles. The molecule has 2 aromatic rings. The summed E-state index contributed by atoms with van der Waals surface area (Å²) < 4.78 is 0. The molecule has 1 aromatic carbocycles. The van der Waals surface area contributed by atoms with Crippen LogP contribution in [0.25, 0.3) is 0 Å². The fraction of sp³-hybridized carbons (Fsp3) is 0.412. The van der Waals surface area contributed by atoms with Crippen molar-refractivity contribution < 1.29 is 4.79 Å². The van der Waals surface area contributed by atoms with Crippen molar-refractivity contribution in [2.45, 2.75) is 45.4 Å². The fourth-order valence-electron chi connectivity index (χ4n) is 2.47. The van der Waals surface area contributed by atoms with E-state index in [1.165, 1.54) is 40.9 Å². The number of amides is 1. The highest BCUT2D eigenvalue weighted by Crippen LogP contribution is 2.40. The van der Waals surface area contributed by atoms with Gasteiger partial charge in [-0.2, -0.15) is 0 Å². The molecule has 0 atom stereocenters. The molecule has 3 nitrogen and oxygen atoms in total. The molecular weight excluding hydrogens is 280 g/mol.